The van der Waals surface area contributed by atoms with Crippen LogP contribution in [0.1, 0.15) is 17.5 Å². The summed E-state index contributed by atoms with van der Waals surface area (Å²) < 4.78 is 23.7. The maximum Gasteiger partial charge on any atom is 0.178 e. The molecular formula is C13H16N2O2S. The molecule has 0 fully saturated rings. The fourth-order valence-electron chi connectivity index (χ4n) is 2.23. The van der Waals surface area contributed by atoms with E-state index >= 15 is 0 Å². The van der Waals surface area contributed by atoms with Gasteiger partial charge in [0.2, 0.25) is 0 Å². The number of nitrogens with zero attached hydrogens (tertiary/aromatic N) is 1. The lowest BCUT2D eigenvalue weighted by molar-refractivity contribution is 0.586. The molecule has 96 valence electrons. The molecule has 1 aliphatic heterocycles. The number of rotatable bonds is 4. The largest absolute Gasteiger partial charge is 0.304 e. The number of nitrogens with one attached hydrogen (secondary N) is 1. The van der Waals surface area contributed by atoms with Gasteiger partial charge in [0.1, 0.15) is 0 Å². The van der Waals surface area contributed by atoms with Crippen molar-refractivity contribution < 1.29 is 8.42 Å². The zero-order valence-corrected chi connectivity index (χ0v) is 11.0. The van der Waals surface area contributed by atoms with E-state index in [0.29, 0.717) is 17.9 Å². The molecule has 0 amide bonds. The second kappa shape index (κ2) is 5.51. The summed E-state index contributed by atoms with van der Waals surface area (Å²) in [6.07, 6.45) is 2.37. The molecule has 0 saturated carbocycles. The molecule has 0 bridgehead atoms. The Hall–Kier alpha value is -1.38. The van der Waals surface area contributed by atoms with Crippen LogP contribution in [0, 0.1) is 11.3 Å². The van der Waals surface area contributed by atoms with Crippen LogP contribution >= 0.6 is 0 Å². The number of fused-ring (bicyclic) bond motifs is 1. The number of sulfone groups is 1. The van der Waals surface area contributed by atoms with Gasteiger partial charge >= 0.3 is 0 Å². The number of hydrogen-bond donors (Lipinski definition) is 1. The highest BCUT2D eigenvalue weighted by Gasteiger charge is 2.23. The van der Waals surface area contributed by atoms with Gasteiger partial charge in [-0.2, -0.15) is 5.26 Å². The highest BCUT2D eigenvalue weighted by Crippen LogP contribution is 2.25. The monoisotopic (exact) mass is 264 g/mol. The average Bonchev–Trinajstić information content (AvgIpc) is 2.34. The fraction of sp³-hybridized carbons (Fsp3) is 0.462. The molecule has 0 spiro atoms. The summed E-state index contributed by atoms with van der Waals surface area (Å²) in [5, 5.41) is 11.4. The van der Waals surface area contributed by atoms with E-state index in [1.165, 1.54) is 0 Å². The van der Waals surface area contributed by atoms with Crippen LogP contribution in [0.4, 0.5) is 0 Å². The summed E-state index contributed by atoms with van der Waals surface area (Å²) in [5.74, 6) is 0.267. The zero-order chi connectivity index (χ0) is 13.0. The van der Waals surface area contributed by atoms with E-state index in [9.17, 15) is 8.42 Å². The number of hydrogen-bond acceptors (Lipinski definition) is 4. The first-order chi connectivity index (χ1) is 8.63. The van der Waals surface area contributed by atoms with Gasteiger partial charge in [-0.1, -0.05) is 12.1 Å². The Morgan fingerprint density at radius 1 is 1.39 bits per heavy atom. The normalized spacial score (nSPS) is 16.8. The molecule has 4 nitrogen and oxygen atoms in total. The third-order valence-corrected chi connectivity index (χ3v) is 5.01. The highest BCUT2D eigenvalue weighted by molar-refractivity contribution is 7.91. The van der Waals surface area contributed by atoms with E-state index in [1.807, 2.05) is 18.2 Å². The summed E-state index contributed by atoms with van der Waals surface area (Å²) in [6.45, 7) is 1.08. The Labute approximate surface area is 108 Å². The summed E-state index contributed by atoms with van der Waals surface area (Å²) >= 11 is 0. The standard InChI is InChI=1S/C13H16N2O2S/c14-6-8-15-7-5-11-3-4-13-12(10-11)2-1-9-18(13,16)17/h3-4,10,15H,1-2,5,7-9H2. The summed E-state index contributed by atoms with van der Waals surface area (Å²) in [5.41, 5.74) is 2.07. The van der Waals surface area contributed by atoms with Gasteiger partial charge in [-0.15, -0.1) is 0 Å². The minimum Gasteiger partial charge on any atom is -0.304 e. The Morgan fingerprint density at radius 3 is 3.00 bits per heavy atom. The molecule has 18 heavy (non-hydrogen) atoms. The van der Waals surface area contributed by atoms with Crippen molar-refractivity contribution in [2.45, 2.75) is 24.2 Å². The predicted octanol–water partition coefficient (Wildman–Crippen LogP) is 1.06. The van der Waals surface area contributed by atoms with Crippen LogP contribution in [0.2, 0.25) is 0 Å². The van der Waals surface area contributed by atoms with E-state index in [0.717, 1.165) is 30.5 Å². The molecule has 1 aliphatic rings. The van der Waals surface area contributed by atoms with Crippen LogP contribution in [0.5, 0.6) is 0 Å². The first-order valence-corrected chi connectivity index (χ1v) is 7.71. The lowest BCUT2D eigenvalue weighted by Crippen LogP contribution is -2.18. The first kappa shape index (κ1) is 13.1. The maximum atomic E-state index is 11.8. The molecule has 2 rings (SSSR count). The van der Waals surface area contributed by atoms with Gasteiger partial charge in [0.15, 0.2) is 9.84 Å². The van der Waals surface area contributed by atoms with Gasteiger partial charge in [-0.25, -0.2) is 8.42 Å². The third-order valence-electron chi connectivity index (χ3n) is 3.11. The molecule has 1 aromatic rings. The second-order valence-corrected chi connectivity index (χ2v) is 6.53. The van der Waals surface area contributed by atoms with Crippen LogP contribution in [-0.4, -0.2) is 27.3 Å². The van der Waals surface area contributed by atoms with E-state index < -0.39 is 9.84 Å². The Balaban J connectivity index is 2.11. The highest BCUT2D eigenvalue weighted by atomic mass is 32.2. The first-order valence-electron chi connectivity index (χ1n) is 6.06. The predicted molar refractivity (Wildman–Crippen MR) is 69.0 cm³/mol. The van der Waals surface area contributed by atoms with Crippen LogP contribution in [0.3, 0.4) is 0 Å². The van der Waals surface area contributed by atoms with Gasteiger partial charge in [-0.05, 0) is 36.5 Å². The molecule has 0 aliphatic carbocycles. The smallest absolute Gasteiger partial charge is 0.178 e. The zero-order valence-electron chi connectivity index (χ0n) is 10.1. The maximum absolute atomic E-state index is 11.8. The summed E-state index contributed by atoms with van der Waals surface area (Å²) in [6, 6.07) is 7.61. The van der Waals surface area contributed by atoms with Gasteiger partial charge in [0.25, 0.3) is 0 Å². The van der Waals surface area contributed by atoms with Gasteiger partial charge in [0, 0.05) is 6.54 Å². The molecule has 0 unspecified atom stereocenters. The van der Waals surface area contributed by atoms with Crippen molar-refractivity contribution in [3.8, 4) is 6.07 Å². The van der Waals surface area contributed by atoms with Gasteiger partial charge in [-0.3, -0.25) is 0 Å². The minimum atomic E-state index is -3.05. The SMILES string of the molecule is N#CCNCCc1ccc2c(c1)CCCS2(=O)=O. The average molecular weight is 264 g/mol. The van der Waals surface area contributed by atoms with E-state index in [4.69, 9.17) is 5.26 Å². The van der Waals surface area contributed by atoms with Crippen molar-refractivity contribution in [2.24, 2.45) is 0 Å². The van der Waals surface area contributed by atoms with Crippen LogP contribution in [-0.2, 0) is 22.7 Å². The second-order valence-electron chi connectivity index (χ2n) is 4.45. The van der Waals surface area contributed by atoms with Gasteiger partial charge < -0.3 is 5.32 Å². The number of aryl methyl sites for hydroxylation is 1. The molecule has 1 N–H and O–H groups in total. The summed E-state index contributed by atoms with van der Waals surface area (Å²) in [7, 11) is -3.05. The van der Waals surface area contributed by atoms with Gasteiger partial charge in [0.05, 0.1) is 23.3 Å². The van der Waals surface area contributed by atoms with Crippen molar-refractivity contribution >= 4 is 9.84 Å². The van der Waals surface area contributed by atoms with Crippen molar-refractivity contribution in [2.75, 3.05) is 18.8 Å². The quantitative estimate of drug-likeness (QED) is 0.652. The van der Waals surface area contributed by atoms with Crippen molar-refractivity contribution in [3.05, 3.63) is 29.3 Å². The Morgan fingerprint density at radius 2 is 2.22 bits per heavy atom. The molecule has 0 saturated heterocycles. The van der Waals surface area contributed by atoms with E-state index in [-0.39, 0.29) is 5.75 Å². The molecular weight excluding hydrogens is 248 g/mol. The van der Waals surface area contributed by atoms with Crippen molar-refractivity contribution in [3.63, 3.8) is 0 Å². The lowest BCUT2D eigenvalue weighted by Gasteiger charge is -2.17. The van der Waals surface area contributed by atoms with E-state index in [1.54, 1.807) is 6.07 Å². The fourth-order valence-corrected chi connectivity index (χ4v) is 3.81. The molecule has 0 atom stereocenters. The van der Waals surface area contributed by atoms with Crippen molar-refractivity contribution in [1.82, 2.24) is 5.32 Å². The lowest BCUT2D eigenvalue weighted by atomic mass is 10.0. The number of benzene rings is 1. The van der Waals surface area contributed by atoms with E-state index in [2.05, 4.69) is 5.32 Å². The molecule has 0 aromatic heterocycles. The topological polar surface area (TPSA) is 70.0 Å². The van der Waals surface area contributed by atoms with Crippen LogP contribution in [0.25, 0.3) is 0 Å². The molecule has 1 aromatic carbocycles. The Bertz CT molecular complexity index is 573. The molecule has 1 heterocycles. The molecule has 5 heteroatoms. The molecule has 0 radical (unpaired) electrons. The number of nitriles is 1. The minimum absolute atomic E-state index is 0.267. The van der Waals surface area contributed by atoms with Crippen LogP contribution in [0.15, 0.2) is 23.1 Å². The van der Waals surface area contributed by atoms with Crippen LogP contribution < -0.4 is 5.32 Å². The van der Waals surface area contributed by atoms with Crippen molar-refractivity contribution in [1.29, 1.82) is 5.26 Å². The summed E-state index contributed by atoms with van der Waals surface area (Å²) in [4.78, 5) is 0.502. The Kier molecular flexibility index (Phi) is 4.00. The third kappa shape index (κ3) is 2.89.